The summed E-state index contributed by atoms with van der Waals surface area (Å²) in [5.74, 6) is 0.554. The molecule has 1 fully saturated rings. The summed E-state index contributed by atoms with van der Waals surface area (Å²) in [4.78, 5) is 39.4. The third kappa shape index (κ3) is 11.0. The quantitative estimate of drug-likeness (QED) is 0.119. The van der Waals surface area contributed by atoms with Crippen LogP contribution in [0.25, 0.3) is 0 Å². The Morgan fingerprint density at radius 1 is 0.981 bits per heavy atom. The second-order valence-electron chi connectivity index (χ2n) is 13.7. The van der Waals surface area contributed by atoms with Crippen LogP contribution in [0.15, 0.2) is 66.9 Å². The molecule has 11 heteroatoms. The van der Waals surface area contributed by atoms with Crippen molar-refractivity contribution < 1.29 is 23.5 Å². The molecular weight excluding hydrogens is 659 g/mol. The van der Waals surface area contributed by atoms with Crippen molar-refractivity contribution in [2.75, 3.05) is 36.5 Å². The van der Waals surface area contributed by atoms with Gasteiger partial charge in [-0.15, -0.1) is 0 Å². The predicted octanol–water partition coefficient (Wildman–Crippen LogP) is 8.20. The van der Waals surface area contributed by atoms with Crippen molar-refractivity contribution >= 4 is 29.5 Å². The molecule has 4 aromatic rings. The smallest absolute Gasteiger partial charge is 0.421 e. The van der Waals surface area contributed by atoms with Gasteiger partial charge >= 0.3 is 6.09 Å². The molecule has 52 heavy (non-hydrogen) atoms. The summed E-state index contributed by atoms with van der Waals surface area (Å²) in [5, 5.41) is 6.06. The number of nitrogens with zero attached hydrogens (tertiary/aromatic N) is 4. The fourth-order valence-electron chi connectivity index (χ4n) is 6.38. The van der Waals surface area contributed by atoms with E-state index in [9.17, 15) is 9.59 Å². The number of benzene rings is 3. The van der Waals surface area contributed by atoms with Crippen LogP contribution in [-0.2, 0) is 17.8 Å². The second-order valence-corrected chi connectivity index (χ2v) is 13.7. The predicted molar refractivity (Wildman–Crippen MR) is 203 cm³/mol. The van der Waals surface area contributed by atoms with Crippen molar-refractivity contribution in [1.29, 1.82) is 0 Å². The Labute approximate surface area is 306 Å². The number of ether oxygens (including phenoxy) is 2. The van der Waals surface area contributed by atoms with E-state index in [0.717, 1.165) is 60.3 Å². The standard InChI is InChI=1S/C41H51FN6O4/c1-6-31(5)44-38(49)25-32-12-10-13-33(24-32)27-48(41(50)52-39-29(3)22-28(2)23-30(39)4)37-16-17-43-40(46-37)45-34-14-15-36(35(42)26-34)51-21-11-20-47-18-8-7-9-19-47/h10,12-17,22-24,26,31H,6-9,11,18-21,25,27H2,1-5H3,(H,44,49)(H,43,45,46). The van der Waals surface area contributed by atoms with E-state index >= 15 is 4.39 Å². The molecule has 0 saturated carbocycles. The lowest BCUT2D eigenvalue weighted by Gasteiger charge is -2.26. The molecular formula is C41H51FN6O4. The van der Waals surface area contributed by atoms with E-state index in [4.69, 9.17) is 9.47 Å². The van der Waals surface area contributed by atoms with E-state index in [1.165, 1.54) is 36.4 Å². The Hall–Kier alpha value is -5.03. The third-order valence-corrected chi connectivity index (χ3v) is 9.16. The fraction of sp³-hybridized carbons (Fsp3) is 0.415. The molecule has 1 aliphatic rings. The van der Waals surface area contributed by atoms with Gasteiger partial charge in [0.05, 0.1) is 19.6 Å². The first kappa shape index (κ1) is 38.2. The van der Waals surface area contributed by atoms with Crippen molar-refractivity contribution in [3.05, 3.63) is 100 Å². The topological polar surface area (TPSA) is 109 Å². The molecule has 0 aliphatic carbocycles. The van der Waals surface area contributed by atoms with Crippen LogP contribution in [0.1, 0.15) is 73.8 Å². The number of likely N-dealkylation sites (tertiary alicyclic amines) is 1. The monoisotopic (exact) mass is 710 g/mol. The Morgan fingerprint density at radius 3 is 2.46 bits per heavy atom. The first-order valence-electron chi connectivity index (χ1n) is 18.3. The largest absolute Gasteiger partial charge is 0.490 e. The van der Waals surface area contributed by atoms with E-state index in [1.807, 2.05) is 71.0 Å². The van der Waals surface area contributed by atoms with Crippen molar-refractivity contribution in [3.8, 4) is 11.5 Å². The molecule has 2 amide bonds. The lowest BCUT2D eigenvalue weighted by atomic mass is 10.1. The molecule has 10 nitrogen and oxygen atoms in total. The Kier molecular flexibility index (Phi) is 13.6. The first-order chi connectivity index (χ1) is 25.1. The molecule has 0 bridgehead atoms. The summed E-state index contributed by atoms with van der Waals surface area (Å²) < 4.78 is 26.8. The zero-order valence-electron chi connectivity index (χ0n) is 31.0. The van der Waals surface area contributed by atoms with Crippen molar-refractivity contribution in [1.82, 2.24) is 20.2 Å². The maximum Gasteiger partial charge on any atom is 0.421 e. The molecule has 1 unspecified atom stereocenters. The molecule has 0 spiro atoms. The van der Waals surface area contributed by atoms with E-state index in [2.05, 4.69) is 25.5 Å². The van der Waals surface area contributed by atoms with Crippen LogP contribution in [0.4, 0.5) is 26.6 Å². The number of nitrogens with one attached hydrogen (secondary N) is 2. The molecule has 0 radical (unpaired) electrons. The molecule has 276 valence electrons. The molecule has 1 aliphatic heterocycles. The van der Waals surface area contributed by atoms with Crippen molar-refractivity contribution in [2.45, 2.75) is 85.7 Å². The van der Waals surface area contributed by atoms with E-state index in [0.29, 0.717) is 18.0 Å². The van der Waals surface area contributed by atoms with E-state index < -0.39 is 11.9 Å². The maximum atomic E-state index is 15.1. The highest BCUT2D eigenvalue weighted by molar-refractivity contribution is 5.88. The van der Waals surface area contributed by atoms with Crippen LogP contribution in [-0.4, -0.2) is 59.2 Å². The number of piperidine rings is 1. The van der Waals surface area contributed by atoms with Crippen LogP contribution in [0.5, 0.6) is 11.5 Å². The number of rotatable bonds is 15. The SMILES string of the molecule is CCC(C)NC(=O)Cc1cccc(CN(C(=O)Oc2c(C)cc(C)cc2C)c2ccnc(Nc3ccc(OCCCN4CCCCC4)c(F)c3)n2)c1. The van der Waals surface area contributed by atoms with Gasteiger partial charge < -0.3 is 25.0 Å². The first-order valence-corrected chi connectivity index (χ1v) is 18.3. The summed E-state index contributed by atoms with van der Waals surface area (Å²) >= 11 is 0. The second kappa shape index (κ2) is 18.5. The van der Waals surface area contributed by atoms with Gasteiger partial charge in [0, 0.05) is 30.5 Å². The molecule has 1 saturated heterocycles. The van der Waals surface area contributed by atoms with Gasteiger partial charge in [0.2, 0.25) is 11.9 Å². The lowest BCUT2D eigenvalue weighted by Crippen LogP contribution is -2.34. The summed E-state index contributed by atoms with van der Waals surface area (Å²) in [6, 6.07) is 17.8. The highest BCUT2D eigenvalue weighted by Crippen LogP contribution is 2.28. The zero-order chi connectivity index (χ0) is 37.0. The number of anilines is 3. The van der Waals surface area contributed by atoms with Crippen LogP contribution in [0.2, 0.25) is 0 Å². The minimum absolute atomic E-state index is 0.0662. The van der Waals surface area contributed by atoms with Crippen LogP contribution < -0.4 is 25.0 Å². The van der Waals surface area contributed by atoms with Gasteiger partial charge in [-0.05, 0) is 107 Å². The van der Waals surface area contributed by atoms with Gasteiger partial charge in [-0.25, -0.2) is 14.2 Å². The highest BCUT2D eigenvalue weighted by atomic mass is 19.1. The minimum atomic E-state index is -0.632. The number of aromatic nitrogens is 2. The number of halogens is 1. The summed E-state index contributed by atoms with van der Waals surface area (Å²) in [6.07, 6.45) is 6.55. The number of hydrogen-bond donors (Lipinski definition) is 2. The van der Waals surface area contributed by atoms with Gasteiger partial charge in [-0.1, -0.05) is 55.3 Å². The zero-order valence-corrected chi connectivity index (χ0v) is 31.0. The number of carbonyl (C=O) groups excluding carboxylic acids is 2. The van der Waals surface area contributed by atoms with Gasteiger partial charge in [0.25, 0.3) is 0 Å². The highest BCUT2D eigenvalue weighted by Gasteiger charge is 2.23. The average molecular weight is 711 g/mol. The summed E-state index contributed by atoms with van der Waals surface area (Å²) in [6.45, 7) is 13.5. The number of hydrogen-bond acceptors (Lipinski definition) is 8. The molecule has 3 aromatic carbocycles. The van der Waals surface area contributed by atoms with Crippen LogP contribution in [0.3, 0.4) is 0 Å². The Bertz CT molecular complexity index is 1810. The number of amides is 2. The van der Waals surface area contributed by atoms with Crippen LogP contribution in [0, 0.1) is 26.6 Å². The van der Waals surface area contributed by atoms with Gasteiger partial charge in [0.15, 0.2) is 11.6 Å². The van der Waals surface area contributed by atoms with Crippen molar-refractivity contribution in [3.63, 3.8) is 0 Å². The van der Waals surface area contributed by atoms with Crippen LogP contribution >= 0.6 is 0 Å². The molecule has 1 aromatic heterocycles. The summed E-state index contributed by atoms with van der Waals surface area (Å²) in [7, 11) is 0. The average Bonchev–Trinajstić information content (AvgIpc) is 3.12. The van der Waals surface area contributed by atoms with Gasteiger partial charge in [0.1, 0.15) is 11.6 Å². The Morgan fingerprint density at radius 2 is 1.73 bits per heavy atom. The molecule has 2 heterocycles. The number of aryl methyl sites for hydroxylation is 3. The number of carbonyl (C=O) groups is 2. The Balaban J connectivity index is 1.32. The fourth-order valence-corrected chi connectivity index (χ4v) is 6.38. The van der Waals surface area contributed by atoms with E-state index in [-0.39, 0.29) is 42.4 Å². The van der Waals surface area contributed by atoms with E-state index in [1.54, 1.807) is 18.2 Å². The third-order valence-electron chi connectivity index (χ3n) is 9.16. The summed E-state index contributed by atoms with van der Waals surface area (Å²) in [5.41, 5.74) is 4.77. The van der Waals surface area contributed by atoms with Gasteiger partial charge in [-0.2, -0.15) is 4.98 Å². The van der Waals surface area contributed by atoms with Gasteiger partial charge in [-0.3, -0.25) is 9.69 Å². The molecule has 2 N–H and O–H groups in total. The maximum absolute atomic E-state index is 15.1. The molecule has 1 atom stereocenters. The minimum Gasteiger partial charge on any atom is -0.490 e. The normalized spacial score (nSPS) is 13.7. The van der Waals surface area contributed by atoms with Crippen molar-refractivity contribution in [2.24, 2.45) is 0 Å². The lowest BCUT2D eigenvalue weighted by molar-refractivity contribution is -0.121. The molecule has 5 rings (SSSR count).